The number of rotatable bonds is 2. The van der Waals surface area contributed by atoms with Crippen LogP contribution in [0.5, 0.6) is 5.88 Å². The van der Waals surface area contributed by atoms with Crippen LogP contribution in [0.1, 0.15) is 5.56 Å². The Kier molecular flexibility index (Phi) is 3.15. The Morgan fingerprint density at radius 2 is 2.28 bits per heavy atom. The van der Waals surface area contributed by atoms with E-state index in [1.165, 1.54) is 24.3 Å². The van der Waals surface area contributed by atoms with Gasteiger partial charge >= 0.3 is 5.88 Å². The fourth-order valence-corrected chi connectivity index (χ4v) is 1.71. The average molecular weight is 265 g/mol. The van der Waals surface area contributed by atoms with Crippen molar-refractivity contribution in [2.75, 3.05) is 14.2 Å². The van der Waals surface area contributed by atoms with E-state index in [1.54, 1.807) is 19.2 Å². The minimum Gasteiger partial charge on any atom is -0.616 e. The lowest BCUT2D eigenvalue weighted by Gasteiger charge is -2.03. The SMILES string of the molecule is COc1ccc(/C=C2/NC(=S)N(C)C2=O)c[n+]1[O-]. The molecule has 0 unspecified atom stereocenters. The van der Waals surface area contributed by atoms with Crippen LogP contribution in [0.15, 0.2) is 24.0 Å². The molecular weight excluding hydrogens is 254 g/mol. The Morgan fingerprint density at radius 1 is 1.56 bits per heavy atom. The maximum Gasteiger partial charge on any atom is 0.379 e. The third-order valence-electron chi connectivity index (χ3n) is 2.50. The number of amides is 1. The van der Waals surface area contributed by atoms with Crippen LogP contribution in [0.25, 0.3) is 6.08 Å². The van der Waals surface area contributed by atoms with E-state index in [0.717, 1.165) is 0 Å². The number of pyridine rings is 1. The molecule has 0 saturated carbocycles. The van der Waals surface area contributed by atoms with E-state index in [4.69, 9.17) is 17.0 Å². The molecule has 1 aromatic rings. The van der Waals surface area contributed by atoms with Gasteiger partial charge in [0.05, 0.1) is 13.2 Å². The molecule has 1 aliphatic rings. The molecule has 1 aliphatic heterocycles. The third-order valence-corrected chi connectivity index (χ3v) is 2.88. The van der Waals surface area contributed by atoms with Crippen molar-refractivity contribution >= 4 is 29.3 Å². The Labute approximate surface area is 109 Å². The van der Waals surface area contributed by atoms with Gasteiger partial charge in [-0.2, -0.15) is 0 Å². The molecule has 0 radical (unpaired) electrons. The number of carbonyl (C=O) groups excluding carboxylic acids is 1. The summed E-state index contributed by atoms with van der Waals surface area (Å²) in [6.07, 6.45) is 2.88. The summed E-state index contributed by atoms with van der Waals surface area (Å²) in [5.41, 5.74) is 0.924. The second-order valence-electron chi connectivity index (χ2n) is 3.68. The number of ether oxygens (including phenoxy) is 1. The number of methoxy groups -OCH3 is 1. The van der Waals surface area contributed by atoms with Gasteiger partial charge in [-0.15, -0.1) is 4.73 Å². The summed E-state index contributed by atoms with van der Waals surface area (Å²) in [7, 11) is 3.00. The molecule has 1 amide bonds. The van der Waals surface area contributed by atoms with Crippen molar-refractivity contribution in [3.63, 3.8) is 0 Å². The summed E-state index contributed by atoms with van der Waals surface area (Å²) in [4.78, 5) is 13.1. The monoisotopic (exact) mass is 265 g/mol. The molecular formula is C11H11N3O3S. The van der Waals surface area contributed by atoms with Crippen LogP contribution < -0.4 is 14.8 Å². The molecule has 0 atom stereocenters. The maximum atomic E-state index is 11.7. The highest BCUT2D eigenvalue weighted by molar-refractivity contribution is 7.80. The van der Waals surface area contributed by atoms with Crippen molar-refractivity contribution in [1.29, 1.82) is 0 Å². The summed E-state index contributed by atoms with van der Waals surface area (Å²) < 4.78 is 5.43. The number of nitrogens with one attached hydrogen (secondary N) is 1. The van der Waals surface area contributed by atoms with E-state index in [0.29, 0.717) is 21.1 Å². The van der Waals surface area contributed by atoms with Gasteiger partial charge in [0, 0.05) is 12.6 Å². The molecule has 1 aromatic heterocycles. The van der Waals surface area contributed by atoms with Crippen LogP contribution in [-0.2, 0) is 4.79 Å². The zero-order valence-electron chi connectivity index (χ0n) is 9.84. The second kappa shape index (κ2) is 4.61. The van der Waals surface area contributed by atoms with Crippen molar-refractivity contribution in [2.45, 2.75) is 0 Å². The van der Waals surface area contributed by atoms with Gasteiger partial charge in [0.15, 0.2) is 11.3 Å². The molecule has 94 valence electrons. The lowest BCUT2D eigenvalue weighted by atomic mass is 10.2. The number of nitrogens with zero attached hydrogens (tertiary/aromatic N) is 2. The standard InChI is InChI=1S/C11H11N3O3S/c1-13-10(15)8(12-11(13)18)5-7-3-4-9(17-2)14(16)6-7/h3-6H,1-2H3,(H,12,18)/b8-5+. The van der Waals surface area contributed by atoms with Gasteiger partial charge in [-0.1, -0.05) is 0 Å². The highest BCUT2D eigenvalue weighted by Crippen LogP contribution is 2.13. The van der Waals surface area contributed by atoms with Crippen molar-refractivity contribution in [3.05, 3.63) is 34.8 Å². The lowest BCUT2D eigenvalue weighted by Crippen LogP contribution is -2.28. The molecule has 0 spiro atoms. The molecule has 0 aromatic carbocycles. The summed E-state index contributed by atoms with van der Waals surface area (Å²) in [6, 6.07) is 3.21. The number of carbonyl (C=O) groups is 1. The van der Waals surface area contributed by atoms with Gasteiger partial charge in [0.2, 0.25) is 0 Å². The first-order valence-corrected chi connectivity index (χ1v) is 5.51. The van der Waals surface area contributed by atoms with Gasteiger partial charge in [-0.3, -0.25) is 9.69 Å². The summed E-state index contributed by atoms with van der Waals surface area (Å²) in [6.45, 7) is 0. The Balaban J connectivity index is 2.32. The van der Waals surface area contributed by atoms with E-state index in [1.807, 2.05) is 0 Å². The number of aromatic nitrogens is 1. The number of hydrogen-bond acceptors (Lipinski definition) is 4. The normalized spacial score (nSPS) is 17.2. The largest absolute Gasteiger partial charge is 0.616 e. The molecule has 1 saturated heterocycles. The fourth-order valence-electron chi connectivity index (χ4n) is 1.52. The number of likely N-dealkylation sites (N-methyl/N-ethyl adjacent to an activating group) is 1. The molecule has 1 fully saturated rings. The summed E-state index contributed by atoms with van der Waals surface area (Å²) >= 11 is 4.94. The van der Waals surface area contributed by atoms with Crippen molar-refractivity contribution in [2.24, 2.45) is 0 Å². The molecule has 0 bridgehead atoms. The number of thiocarbonyl (C=S) groups is 1. The van der Waals surface area contributed by atoms with Crippen molar-refractivity contribution in [3.8, 4) is 5.88 Å². The first kappa shape index (κ1) is 12.3. The van der Waals surface area contributed by atoms with Gasteiger partial charge in [-0.05, 0) is 24.4 Å². The Morgan fingerprint density at radius 3 is 2.78 bits per heavy atom. The quantitative estimate of drug-likeness (QED) is 0.353. The van der Waals surface area contributed by atoms with Crippen LogP contribution in [0.4, 0.5) is 0 Å². The lowest BCUT2D eigenvalue weighted by molar-refractivity contribution is -0.612. The highest BCUT2D eigenvalue weighted by Gasteiger charge is 2.27. The minimum atomic E-state index is -0.228. The first-order chi connectivity index (χ1) is 8.52. The van der Waals surface area contributed by atoms with Crippen molar-refractivity contribution < 1.29 is 14.3 Å². The molecule has 18 heavy (non-hydrogen) atoms. The third kappa shape index (κ3) is 2.12. The van der Waals surface area contributed by atoms with Crippen LogP contribution in [0.3, 0.4) is 0 Å². The molecule has 2 rings (SSSR count). The Bertz CT molecular complexity index is 556. The molecule has 6 nitrogen and oxygen atoms in total. The van der Waals surface area contributed by atoms with E-state index < -0.39 is 0 Å². The van der Waals surface area contributed by atoms with Gasteiger partial charge in [-0.25, -0.2) is 0 Å². The van der Waals surface area contributed by atoms with Crippen LogP contribution in [0.2, 0.25) is 0 Å². The zero-order chi connectivity index (χ0) is 13.3. The Hall–Kier alpha value is -2.15. The van der Waals surface area contributed by atoms with E-state index in [9.17, 15) is 10.0 Å². The van der Waals surface area contributed by atoms with Gasteiger partial charge in [0.1, 0.15) is 5.70 Å². The predicted molar refractivity (Wildman–Crippen MR) is 68.4 cm³/mol. The average Bonchev–Trinajstić information content (AvgIpc) is 2.57. The predicted octanol–water partition coefficient (Wildman–Crippen LogP) is 0.0160. The van der Waals surface area contributed by atoms with Crippen LogP contribution in [-0.4, -0.2) is 30.1 Å². The fraction of sp³-hybridized carbons (Fsp3) is 0.182. The topological polar surface area (TPSA) is 68.5 Å². The maximum absolute atomic E-state index is 11.7. The molecule has 7 heteroatoms. The minimum absolute atomic E-state index is 0.190. The summed E-state index contributed by atoms with van der Waals surface area (Å²) in [5, 5.41) is 14.6. The molecule has 1 N–H and O–H groups in total. The highest BCUT2D eigenvalue weighted by atomic mass is 32.1. The smallest absolute Gasteiger partial charge is 0.379 e. The van der Waals surface area contributed by atoms with Crippen LogP contribution >= 0.6 is 12.2 Å². The van der Waals surface area contributed by atoms with E-state index >= 15 is 0 Å². The summed E-state index contributed by atoms with van der Waals surface area (Å²) in [5.74, 6) is -0.0382. The molecule has 2 heterocycles. The van der Waals surface area contributed by atoms with E-state index in [2.05, 4.69) is 5.32 Å². The van der Waals surface area contributed by atoms with Gasteiger partial charge < -0.3 is 15.3 Å². The molecule has 0 aliphatic carbocycles. The zero-order valence-corrected chi connectivity index (χ0v) is 10.7. The van der Waals surface area contributed by atoms with E-state index in [-0.39, 0.29) is 11.8 Å². The first-order valence-electron chi connectivity index (χ1n) is 5.11. The number of hydrogen-bond donors (Lipinski definition) is 1. The second-order valence-corrected chi connectivity index (χ2v) is 4.07. The van der Waals surface area contributed by atoms with Crippen molar-refractivity contribution in [1.82, 2.24) is 10.2 Å². The van der Waals surface area contributed by atoms with Crippen LogP contribution in [0, 0.1) is 5.21 Å². The van der Waals surface area contributed by atoms with Gasteiger partial charge in [0.25, 0.3) is 5.91 Å².